The number of benzene rings is 2. The lowest BCUT2D eigenvalue weighted by Gasteiger charge is -2.56. The zero-order valence-electron chi connectivity index (χ0n) is 26.0. The Morgan fingerprint density at radius 2 is 1.21 bits per heavy atom. The molecule has 0 amide bonds. The van der Waals surface area contributed by atoms with E-state index < -0.39 is 0 Å². The van der Waals surface area contributed by atoms with Crippen molar-refractivity contribution in [2.45, 2.75) is 115 Å². The second kappa shape index (κ2) is 14.8. The van der Waals surface area contributed by atoms with E-state index in [9.17, 15) is 0 Å². The fourth-order valence-corrected chi connectivity index (χ4v) is 9.24. The minimum absolute atomic E-state index is 0.0376. The zero-order valence-corrected chi connectivity index (χ0v) is 26.0. The summed E-state index contributed by atoms with van der Waals surface area (Å²) in [7, 11) is 0. The summed E-state index contributed by atoms with van der Waals surface area (Å²) in [5, 5.41) is 0. The standard InChI is InChI=1S/C38H54O4/c1-2-34-16-17-35(37(42-27-30-14-8-4-9-15-30)36(34)41-26-29-12-6-3-7-13-29)40-19-11-5-10-18-39-28-38-23-31-20-32(24-38)22-33(21-31)25-38/h3-4,6-9,12-15,31-37H,2,5,10-11,16-28H2,1H3/t31?,32?,33?,34-,35+,36-,37+,38?/m0/s1. The van der Waals surface area contributed by atoms with E-state index >= 15 is 0 Å². The van der Waals surface area contributed by atoms with E-state index in [4.69, 9.17) is 18.9 Å². The van der Waals surface area contributed by atoms with Gasteiger partial charge in [0.15, 0.2) is 0 Å². The van der Waals surface area contributed by atoms with Gasteiger partial charge in [-0.15, -0.1) is 0 Å². The number of hydrogen-bond acceptors (Lipinski definition) is 4. The first-order chi connectivity index (χ1) is 20.7. The van der Waals surface area contributed by atoms with Gasteiger partial charge in [-0.3, -0.25) is 0 Å². The largest absolute Gasteiger partial charge is 0.381 e. The third-order valence-electron chi connectivity index (χ3n) is 10.9. The first-order valence-electron chi connectivity index (χ1n) is 17.2. The van der Waals surface area contributed by atoms with Crippen LogP contribution < -0.4 is 0 Å². The van der Waals surface area contributed by atoms with Crippen LogP contribution in [0.15, 0.2) is 60.7 Å². The summed E-state index contributed by atoms with van der Waals surface area (Å²) < 4.78 is 26.2. The van der Waals surface area contributed by atoms with Gasteiger partial charge in [0.2, 0.25) is 0 Å². The highest BCUT2D eigenvalue weighted by molar-refractivity contribution is 5.14. The summed E-state index contributed by atoms with van der Waals surface area (Å²) >= 11 is 0. The van der Waals surface area contributed by atoms with E-state index in [-0.39, 0.29) is 18.3 Å². The van der Waals surface area contributed by atoms with E-state index in [1.54, 1.807) is 0 Å². The molecule has 5 saturated carbocycles. The van der Waals surface area contributed by atoms with Gasteiger partial charge in [-0.25, -0.2) is 0 Å². The quantitative estimate of drug-likeness (QED) is 0.188. The van der Waals surface area contributed by atoms with Crippen LogP contribution in [0.4, 0.5) is 0 Å². The summed E-state index contributed by atoms with van der Waals surface area (Å²) in [5.41, 5.74) is 2.94. The lowest BCUT2D eigenvalue weighted by Crippen LogP contribution is -2.50. The monoisotopic (exact) mass is 574 g/mol. The number of rotatable bonds is 16. The predicted octanol–water partition coefficient (Wildman–Crippen LogP) is 8.77. The summed E-state index contributed by atoms with van der Waals surface area (Å²) in [6, 6.07) is 21.0. The summed E-state index contributed by atoms with van der Waals surface area (Å²) in [5.74, 6) is 3.51. The fraction of sp³-hybridized carbons (Fsp3) is 0.684. The molecule has 4 bridgehead atoms. The molecule has 0 spiro atoms. The average molecular weight is 575 g/mol. The minimum atomic E-state index is -0.0590. The van der Waals surface area contributed by atoms with Crippen LogP contribution in [-0.2, 0) is 32.2 Å². The van der Waals surface area contributed by atoms with E-state index in [2.05, 4.69) is 67.6 Å². The number of hydrogen-bond donors (Lipinski definition) is 0. The SMILES string of the molecule is CC[C@H]1CC[C@@H](OCCCCCOCC23CC4CC(CC(C4)C2)C3)[C@@H](OCc2ccccc2)[C@H]1OCc1ccccc1. The Kier molecular flexibility index (Phi) is 10.7. The van der Waals surface area contributed by atoms with Gasteiger partial charge in [-0.05, 0) is 111 Å². The highest BCUT2D eigenvalue weighted by Gasteiger charge is 2.50. The Hall–Kier alpha value is -1.72. The average Bonchev–Trinajstić information content (AvgIpc) is 3.01. The molecular formula is C38H54O4. The van der Waals surface area contributed by atoms with Crippen LogP contribution in [0.1, 0.15) is 95.1 Å². The molecule has 4 heteroatoms. The van der Waals surface area contributed by atoms with Crippen LogP contribution in [0.5, 0.6) is 0 Å². The number of ether oxygens (including phenoxy) is 4. The van der Waals surface area contributed by atoms with Gasteiger partial charge in [-0.1, -0.05) is 74.0 Å². The molecule has 230 valence electrons. The first kappa shape index (κ1) is 30.3. The molecule has 0 aromatic heterocycles. The van der Waals surface area contributed by atoms with Crippen LogP contribution in [0, 0.1) is 29.1 Å². The van der Waals surface area contributed by atoms with Crippen LogP contribution in [0.25, 0.3) is 0 Å². The van der Waals surface area contributed by atoms with Gasteiger partial charge in [0.05, 0.1) is 32.0 Å². The van der Waals surface area contributed by atoms with Crippen LogP contribution >= 0.6 is 0 Å². The highest BCUT2D eigenvalue weighted by Crippen LogP contribution is 2.60. The topological polar surface area (TPSA) is 36.9 Å². The van der Waals surface area contributed by atoms with Gasteiger partial charge in [0.1, 0.15) is 6.10 Å². The number of unbranched alkanes of at least 4 members (excludes halogenated alkanes) is 2. The van der Waals surface area contributed by atoms with Crippen molar-refractivity contribution in [2.24, 2.45) is 29.1 Å². The Morgan fingerprint density at radius 1 is 0.643 bits per heavy atom. The fourth-order valence-electron chi connectivity index (χ4n) is 9.24. The Morgan fingerprint density at radius 3 is 1.81 bits per heavy atom. The van der Waals surface area contributed by atoms with E-state index in [1.165, 1.54) is 49.7 Å². The third-order valence-corrected chi connectivity index (χ3v) is 10.9. The van der Waals surface area contributed by atoms with Gasteiger partial charge in [-0.2, -0.15) is 0 Å². The van der Waals surface area contributed by atoms with Crippen molar-refractivity contribution in [3.8, 4) is 0 Å². The van der Waals surface area contributed by atoms with Crippen molar-refractivity contribution in [1.29, 1.82) is 0 Å². The Balaban J connectivity index is 0.959. The van der Waals surface area contributed by atoms with Crippen LogP contribution in [-0.4, -0.2) is 38.1 Å². The molecule has 2 aromatic carbocycles. The molecular weight excluding hydrogens is 520 g/mol. The molecule has 0 saturated heterocycles. The van der Waals surface area contributed by atoms with Crippen molar-refractivity contribution in [2.75, 3.05) is 19.8 Å². The smallest absolute Gasteiger partial charge is 0.110 e. The normalized spacial score (nSPS) is 33.7. The maximum absolute atomic E-state index is 6.66. The van der Waals surface area contributed by atoms with E-state index in [0.29, 0.717) is 24.5 Å². The van der Waals surface area contributed by atoms with Gasteiger partial charge in [0, 0.05) is 13.2 Å². The molecule has 5 aliphatic carbocycles. The molecule has 7 rings (SSSR count). The van der Waals surface area contributed by atoms with Crippen molar-refractivity contribution >= 4 is 0 Å². The van der Waals surface area contributed by atoms with Crippen LogP contribution in [0.3, 0.4) is 0 Å². The minimum Gasteiger partial charge on any atom is -0.381 e. The zero-order chi connectivity index (χ0) is 28.6. The van der Waals surface area contributed by atoms with Gasteiger partial charge >= 0.3 is 0 Å². The summed E-state index contributed by atoms with van der Waals surface area (Å²) in [4.78, 5) is 0. The van der Waals surface area contributed by atoms with Gasteiger partial charge in [0.25, 0.3) is 0 Å². The van der Waals surface area contributed by atoms with Crippen LogP contribution in [0.2, 0.25) is 0 Å². The molecule has 0 aliphatic heterocycles. The van der Waals surface area contributed by atoms with Crippen molar-refractivity contribution in [3.05, 3.63) is 71.8 Å². The molecule has 4 nitrogen and oxygen atoms in total. The molecule has 0 unspecified atom stereocenters. The second-order valence-electron chi connectivity index (χ2n) is 14.2. The summed E-state index contributed by atoms with van der Waals surface area (Å²) in [6.45, 7) is 6.19. The third kappa shape index (κ3) is 7.86. The van der Waals surface area contributed by atoms with Gasteiger partial charge < -0.3 is 18.9 Å². The lowest BCUT2D eigenvalue weighted by atomic mass is 9.50. The Labute approximate surface area is 254 Å². The maximum atomic E-state index is 6.66. The molecule has 4 atom stereocenters. The highest BCUT2D eigenvalue weighted by atomic mass is 16.6. The molecule has 2 aromatic rings. The Bertz CT molecular complexity index is 1020. The molecule has 42 heavy (non-hydrogen) atoms. The first-order valence-corrected chi connectivity index (χ1v) is 17.2. The van der Waals surface area contributed by atoms with E-state index in [0.717, 1.165) is 76.1 Å². The molecule has 0 radical (unpaired) electrons. The van der Waals surface area contributed by atoms with Crippen molar-refractivity contribution in [3.63, 3.8) is 0 Å². The molecule has 5 fully saturated rings. The lowest BCUT2D eigenvalue weighted by molar-refractivity contribution is -0.185. The predicted molar refractivity (Wildman–Crippen MR) is 168 cm³/mol. The van der Waals surface area contributed by atoms with Crippen molar-refractivity contribution < 1.29 is 18.9 Å². The second-order valence-corrected chi connectivity index (χ2v) is 14.2. The summed E-state index contributed by atoms with van der Waals surface area (Å²) in [6.07, 6.45) is 15.5. The molecule has 5 aliphatic rings. The maximum Gasteiger partial charge on any atom is 0.110 e. The molecule has 0 N–H and O–H groups in total. The molecule has 0 heterocycles. The van der Waals surface area contributed by atoms with Crippen molar-refractivity contribution in [1.82, 2.24) is 0 Å². The van der Waals surface area contributed by atoms with E-state index in [1.807, 2.05) is 0 Å².